The van der Waals surface area contributed by atoms with Crippen LogP contribution in [-0.2, 0) is 11.2 Å². The van der Waals surface area contributed by atoms with Crippen molar-refractivity contribution in [3.63, 3.8) is 0 Å². The van der Waals surface area contributed by atoms with Gasteiger partial charge in [0.25, 0.3) is 0 Å². The van der Waals surface area contributed by atoms with Gasteiger partial charge in [-0.15, -0.1) is 0 Å². The van der Waals surface area contributed by atoms with Crippen molar-refractivity contribution in [1.29, 1.82) is 0 Å². The number of urea groups is 1. The molecule has 0 unspecified atom stereocenters. The molecule has 1 aromatic carbocycles. The minimum atomic E-state index is 0.0161. The Kier molecular flexibility index (Phi) is 4.64. The molecule has 0 aromatic heterocycles. The lowest BCUT2D eigenvalue weighted by Crippen LogP contribution is -2.44. The summed E-state index contributed by atoms with van der Waals surface area (Å²) >= 11 is 0. The van der Waals surface area contributed by atoms with Crippen LogP contribution in [0.2, 0.25) is 0 Å². The van der Waals surface area contributed by atoms with Crippen LogP contribution in [0.3, 0.4) is 0 Å². The van der Waals surface area contributed by atoms with Crippen LogP contribution in [0.4, 0.5) is 4.79 Å². The van der Waals surface area contributed by atoms with E-state index in [1.165, 1.54) is 11.1 Å². The maximum absolute atomic E-state index is 12.8. The summed E-state index contributed by atoms with van der Waals surface area (Å²) in [6.45, 7) is 2.82. The van der Waals surface area contributed by atoms with Crippen molar-refractivity contribution < 1.29 is 9.59 Å². The summed E-state index contributed by atoms with van der Waals surface area (Å²) in [5, 5.41) is 3.24. The van der Waals surface area contributed by atoms with Crippen molar-refractivity contribution in [1.82, 2.24) is 15.1 Å². The monoisotopic (exact) mass is 341 g/mol. The molecular formula is C20H27N3O2. The Morgan fingerprint density at radius 1 is 0.920 bits per heavy atom. The largest absolute Gasteiger partial charge is 0.341 e. The Balaban J connectivity index is 1.36. The van der Waals surface area contributed by atoms with Gasteiger partial charge in [0.05, 0.1) is 6.04 Å². The fourth-order valence-electron chi connectivity index (χ4n) is 4.07. The molecule has 2 aliphatic carbocycles. The molecule has 0 spiro atoms. The van der Waals surface area contributed by atoms with Crippen LogP contribution in [-0.4, -0.2) is 47.9 Å². The second-order valence-corrected chi connectivity index (χ2v) is 7.53. The van der Waals surface area contributed by atoms with Gasteiger partial charge in [-0.2, -0.15) is 0 Å². The zero-order chi connectivity index (χ0) is 17.2. The van der Waals surface area contributed by atoms with Gasteiger partial charge in [0.2, 0.25) is 5.91 Å². The van der Waals surface area contributed by atoms with Crippen LogP contribution < -0.4 is 5.32 Å². The Morgan fingerprint density at radius 3 is 2.52 bits per heavy atom. The fourth-order valence-corrected chi connectivity index (χ4v) is 4.07. The predicted octanol–water partition coefficient (Wildman–Crippen LogP) is 2.72. The molecule has 1 saturated heterocycles. The van der Waals surface area contributed by atoms with Crippen molar-refractivity contribution in [2.45, 2.75) is 44.6 Å². The van der Waals surface area contributed by atoms with Crippen molar-refractivity contribution in [3.8, 4) is 0 Å². The van der Waals surface area contributed by atoms with E-state index in [1.54, 1.807) is 0 Å². The van der Waals surface area contributed by atoms with Crippen molar-refractivity contribution in [2.24, 2.45) is 5.92 Å². The van der Waals surface area contributed by atoms with E-state index in [-0.39, 0.29) is 18.0 Å². The summed E-state index contributed by atoms with van der Waals surface area (Å²) < 4.78 is 0. The van der Waals surface area contributed by atoms with E-state index in [2.05, 4.69) is 29.6 Å². The minimum Gasteiger partial charge on any atom is -0.341 e. The summed E-state index contributed by atoms with van der Waals surface area (Å²) in [5.41, 5.74) is 2.62. The lowest BCUT2D eigenvalue weighted by Gasteiger charge is -2.29. The first kappa shape index (κ1) is 16.4. The Labute approximate surface area is 149 Å². The number of fused-ring (bicyclic) bond motifs is 1. The molecule has 1 aliphatic heterocycles. The first-order valence-electron chi connectivity index (χ1n) is 9.64. The third kappa shape index (κ3) is 3.65. The van der Waals surface area contributed by atoms with Crippen molar-refractivity contribution in [3.05, 3.63) is 35.4 Å². The van der Waals surface area contributed by atoms with Gasteiger partial charge in [-0.05, 0) is 49.7 Å². The number of rotatable bonds is 2. The van der Waals surface area contributed by atoms with Crippen LogP contribution in [0, 0.1) is 5.92 Å². The highest BCUT2D eigenvalue weighted by molar-refractivity contribution is 5.81. The summed E-state index contributed by atoms with van der Waals surface area (Å²) in [6, 6.07) is 8.56. The Hall–Kier alpha value is -2.04. The summed E-state index contributed by atoms with van der Waals surface area (Å²) in [7, 11) is 0. The second kappa shape index (κ2) is 7.06. The first-order chi connectivity index (χ1) is 12.2. The molecule has 5 heteroatoms. The highest BCUT2D eigenvalue weighted by atomic mass is 16.2. The molecule has 134 valence electrons. The number of hydrogen-bond donors (Lipinski definition) is 1. The molecule has 1 atom stereocenters. The Morgan fingerprint density at radius 2 is 1.68 bits per heavy atom. The van der Waals surface area contributed by atoms with Gasteiger partial charge < -0.3 is 15.1 Å². The third-order valence-corrected chi connectivity index (χ3v) is 5.69. The maximum Gasteiger partial charge on any atom is 0.317 e. The van der Waals surface area contributed by atoms with Gasteiger partial charge in [0.15, 0.2) is 0 Å². The van der Waals surface area contributed by atoms with Gasteiger partial charge in [-0.3, -0.25) is 4.79 Å². The maximum atomic E-state index is 12.8. The molecule has 3 aliphatic rings. The van der Waals surface area contributed by atoms with Gasteiger partial charge in [-0.1, -0.05) is 24.3 Å². The number of nitrogens with zero attached hydrogens (tertiary/aromatic N) is 2. The van der Waals surface area contributed by atoms with Crippen molar-refractivity contribution >= 4 is 11.9 Å². The average molecular weight is 341 g/mol. The number of nitrogens with one attached hydrogen (secondary N) is 1. The number of hydrogen-bond acceptors (Lipinski definition) is 2. The second-order valence-electron chi connectivity index (χ2n) is 7.53. The summed E-state index contributed by atoms with van der Waals surface area (Å²) in [6.07, 6.45) is 6.17. The summed E-state index contributed by atoms with van der Waals surface area (Å²) in [4.78, 5) is 28.9. The smallest absolute Gasteiger partial charge is 0.317 e. The van der Waals surface area contributed by atoms with E-state index < -0.39 is 0 Å². The van der Waals surface area contributed by atoms with Gasteiger partial charge in [0.1, 0.15) is 0 Å². The number of aryl methyl sites for hydroxylation is 1. The zero-order valence-corrected chi connectivity index (χ0v) is 14.7. The molecule has 25 heavy (non-hydrogen) atoms. The van der Waals surface area contributed by atoms with Crippen LogP contribution in [0.5, 0.6) is 0 Å². The van der Waals surface area contributed by atoms with Crippen LogP contribution in [0.1, 0.15) is 49.3 Å². The standard InChI is InChI=1S/C20H27N3O2/c24-19(16-9-10-16)22-11-4-12-23(14-13-22)20(25)21-18-8-3-6-15-5-1-2-7-17(15)18/h1-2,5,7,16,18H,3-4,6,8-14H2,(H,21,25)/t18-/m0/s1. The van der Waals surface area contributed by atoms with E-state index in [9.17, 15) is 9.59 Å². The molecule has 1 heterocycles. The number of benzene rings is 1. The zero-order valence-electron chi connectivity index (χ0n) is 14.7. The quantitative estimate of drug-likeness (QED) is 0.899. The molecule has 2 fully saturated rings. The predicted molar refractivity (Wildman–Crippen MR) is 96.1 cm³/mol. The molecule has 1 N–H and O–H groups in total. The molecule has 4 rings (SSSR count). The topological polar surface area (TPSA) is 52.7 Å². The molecule has 0 bridgehead atoms. The van der Waals surface area contributed by atoms with Crippen molar-refractivity contribution in [2.75, 3.05) is 26.2 Å². The molecular weight excluding hydrogens is 314 g/mol. The first-order valence-corrected chi connectivity index (χ1v) is 9.64. The number of carbonyl (C=O) groups is 2. The van der Waals surface area contributed by atoms with Crippen LogP contribution in [0.15, 0.2) is 24.3 Å². The molecule has 5 nitrogen and oxygen atoms in total. The number of amides is 3. The lowest BCUT2D eigenvalue weighted by molar-refractivity contribution is -0.132. The fraction of sp³-hybridized carbons (Fsp3) is 0.600. The highest BCUT2D eigenvalue weighted by Gasteiger charge is 2.34. The highest BCUT2D eigenvalue weighted by Crippen LogP contribution is 2.31. The van der Waals surface area contributed by atoms with Crippen LogP contribution in [0.25, 0.3) is 0 Å². The lowest BCUT2D eigenvalue weighted by atomic mass is 9.88. The Bertz CT molecular complexity index is 656. The van der Waals surface area contributed by atoms with E-state index in [4.69, 9.17) is 0 Å². The third-order valence-electron chi connectivity index (χ3n) is 5.69. The van der Waals surface area contributed by atoms with E-state index in [0.29, 0.717) is 19.0 Å². The minimum absolute atomic E-state index is 0.0161. The molecule has 1 saturated carbocycles. The average Bonchev–Trinajstić information content (AvgIpc) is 3.48. The van der Waals surface area contributed by atoms with E-state index in [0.717, 1.165) is 51.6 Å². The van der Waals surface area contributed by atoms with Gasteiger partial charge in [-0.25, -0.2) is 4.79 Å². The van der Waals surface area contributed by atoms with E-state index >= 15 is 0 Å². The molecule has 3 amide bonds. The SMILES string of the molecule is O=C(N[C@H]1CCCc2ccccc21)N1CCCN(C(=O)C2CC2)CC1. The molecule has 1 aromatic rings. The normalized spacial score (nSPS) is 23.6. The van der Waals surface area contributed by atoms with Gasteiger partial charge in [0, 0.05) is 32.1 Å². The molecule has 0 radical (unpaired) electrons. The number of carbonyl (C=O) groups excluding carboxylic acids is 2. The van der Waals surface area contributed by atoms with Crippen LogP contribution >= 0.6 is 0 Å². The summed E-state index contributed by atoms with van der Waals surface area (Å²) in [5.74, 6) is 0.558. The van der Waals surface area contributed by atoms with Gasteiger partial charge >= 0.3 is 6.03 Å². The van der Waals surface area contributed by atoms with E-state index in [1.807, 2.05) is 9.80 Å².